The SMILES string of the molecule is CC1=C2C(=O)CCCC(=O)[C@@H]2CC1. The van der Waals surface area contributed by atoms with Crippen LogP contribution in [0.2, 0.25) is 0 Å². The Morgan fingerprint density at radius 3 is 2.69 bits per heavy atom. The molecular weight excluding hydrogens is 164 g/mol. The zero-order valence-electron chi connectivity index (χ0n) is 7.93. The monoisotopic (exact) mass is 178 g/mol. The summed E-state index contributed by atoms with van der Waals surface area (Å²) in [6.07, 6.45) is 3.76. The molecule has 0 spiro atoms. The van der Waals surface area contributed by atoms with Crippen LogP contribution in [0, 0.1) is 5.92 Å². The van der Waals surface area contributed by atoms with Crippen LogP contribution in [-0.4, -0.2) is 11.6 Å². The number of ketones is 2. The predicted octanol–water partition coefficient (Wildman–Crippen LogP) is 2.04. The molecular formula is C11H14O2. The van der Waals surface area contributed by atoms with Crippen LogP contribution >= 0.6 is 0 Å². The third kappa shape index (κ3) is 1.34. The lowest BCUT2D eigenvalue weighted by atomic mass is 9.94. The molecule has 1 atom stereocenters. The predicted molar refractivity (Wildman–Crippen MR) is 49.3 cm³/mol. The Morgan fingerprint density at radius 1 is 1.15 bits per heavy atom. The van der Waals surface area contributed by atoms with E-state index in [9.17, 15) is 9.59 Å². The second-order valence-electron chi connectivity index (χ2n) is 4.03. The van der Waals surface area contributed by atoms with Gasteiger partial charge in [0.05, 0.1) is 0 Å². The molecule has 2 heteroatoms. The van der Waals surface area contributed by atoms with Crippen molar-refractivity contribution in [3.05, 3.63) is 11.1 Å². The molecule has 0 N–H and O–H groups in total. The molecule has 0 unspecified atom stereocenters. The zero-order valence-corrected chi connectivity index (χ0v) is 7.93. The van der Waals surface area contributed by atoms with E-state index in [2.05, 4.69) is 0 Å². The molecule has 0 aliphatic heterocycles. The number of fused-ring (bicyclic) bond motifs is 1. The molecule has 2 rings (SSSR count). The van der Waals surface area contributed by atoms with E-state index in [1.807, 2.05) is 6.92 Å². The first kappa shape index (κ1) is 8.67. The quantitative estimate of drug-likeness (QED) is 0.568. The summed E-state index contributed by atoms with van der Waals surface area (Å²) < 4.78 is 0. The highest BCUT2D eigenvalue weighted by Gasteiger charge is 2.34. The molecule has 70 valence electrons. The molecule has 2 aliphatic carbocycles. The van der Waals surface area contributed by atoms with Crippen molar-refractivity contribution in [3.8, 4) is 0 Å². The number of Topliss-reactive ketones (excluding diaryl/α,β-unsaturated/α-hetero) is 2. The van der Waals surface area contributed by atoms with Gasteiger partial charge in [-0.2, -0.15) is 0 Å². The Balaban J connectivity index is 2.39. The van der Waals surface area contributed by atoms with Gasteiger partial charge in [0.25, 0.3) is 0 Å². The van der Waals surface area contributed by atoms with Gasteiger partial charge in [-0.3, -0.25) is 9.59 Å². The summed E-state index contributed by atoms with van der Waals surface area (Å²) in [6.45, 7) is 1.99. The van der Waals surface area contributed by atoms with Crippen molar-refractivity contribution in [2.45, 2.75) is 39.0 Å². The minimum atomic E-state index is -0.0324. The van der Waals surface area contributed by atoms with Gasteiger partial charge in [0.15, 0.2) is 5.78 Å². The number of rotatable bonds is 0. The van der Waals surface area contributed by atoms with E-state index in [-0.39, 0.29) is 17.5 Å². The standard InChI is InChI=1S/C11H14O2/c1-7-5-6-8-9(12)3-2-4-10(13)11(7)8/h8H,2-6H2,1H3/t8-/m0/s1. The second-order valence-corrected chi connectivity index (χ2v) is 4.03. The summed E-state index contributed by atoms with van der Waals surface area (Å²) in [6, 6.07) is 0. The van der Waals surface area contributed by atoms with Crippen LogP contribution in [0.1, 0.15) is 39.0 Å². The second kappa shape index (κ2) is 3.09. The minimum Gasteiger partial charge on any atom is -0.299 e. The number of carbonyl (C=O) groups is 2. The van der Waals surface area contributed by atoms with E-state index in [0.29, 0.717) is 12.8 Å². The van der Waals surface area contributed by atoms with Gasteiger partial charge in [-0.15, -0.1) is 0 Å². The van der Waals surface area contributed by atoms with Crippen molar-refractivity contribution in [1.29, 1.82) is 0 Å². The number of allylic oxidation sites excluding steroid dienone is 2. The Morgan fingerprint density at radius 2 is 1.92 bits per heavy atom. The summed E-state index contributed by atoms with van der Waals surface area (Å²) in [4.78, 5) is 23.2. The van der Waals surface area contributed by atoms with E-state index >= 15 is 0 Å². The minimum absolute atomic E-state index is 0.0324. The molecule has 13 heavy (non-hydrogen) atoms. The lowest BCUT2D eigenvalue weighted by molar-refractivity contribution is -0.122. The normalized spacial score (nSPS) is 29.2. The number of hydrogen-bond donors (Lipinski definition) is 0. The molecule has 0 radical (unpaired) electrons. The van der Waals surface area contributed by atoms with Crippen LogP contribution in [0.25, 0.3) is 0 Å². The molecule has 2 aliphatic rings. The molecule has 0 heterocycles. The van der Waals surface area contributed by atoms with Gasteiger partial charge in [0, 0.05) is 24.3 Å². The van der Waals surface area contributed by atoms with Crippen molar-refractivity contribution >= 4 is 11.6 Å². The fraction of sp³-hybridized carbons (Fsp3) is 0.636. The molecule has 0 bridgehead atoms. The van der Waals surface area contributed by atoms with Crippen LogP contribution in [0.4, 0.5) is 0 Å². The Hall–Kier alpha value is -0.920. The highest BCUT2D eigenvalue weighted by atomic mass is 16.1. The lowest BCUT2D eigenvalue weighted by Gasteiger charge is -2.07. The molecule has 0 aromatic heterocycles. The first-order valence-electron chi connectivity index (χ1n) is 4.95. The van der Waals surface area contributed by atoms with Gasteiger partial charge < -0.3 is 0 Å². The van der Waals surface area contributed by atoms with Crippen LogP contribution in [0.5, 0.6) is 0 Å². The fourth-order valence-electron chi connectivity index (χ4n) is 2.42. The van der Waals surface area contributed by atoms with Crippen molar-refractivity contribution in [2.75, 3.05) is 0 Å². The van der Waals surface area contributed by atoms with Crippen LogP contribution in [0.3, 0.4) is 0 Å². The highest BCUT2D eigenvalue weighted by Crippen LogP contribution is 2.36. The molecule has 0 aromatic rings. The summed E-state index contributed by atoms with van der Waals surface area (Å²) >= 11 is 0. The van der Waals surface area contributed by atoms with Gasteiger partial charge in [0.1, 0.15) is 5.78 Å². The van der Waals surface area contributed by atoms with Gasteiger partial charge >= 0.3 is 0 Å². The van der Waals surface area contributed by atoms with Gasteiger partial charge in [-0.1, -0.05) is 5.57 Å². The fourth-order valence-corrected chi connectivity index (χ4v) is 2.42. The summed E-state index contributed by atoms with van der Waals surface area (Å²) in [5.41, 5.74) is 2.02. The van der Waals surface area contributed by atoms with E-state index in [1.165, 1.54) is 0 Å². The summed E-state index contributed by atoms with van der Waals surface area (Å²) in [7, 11) is 0. The molecule has 0 aromatic carbocycles. The molecule has 1 saturated carbocycles. The Kier molecular flexibility index (Phi) is 2.06. The largest absolute Gasteiger partial charge is 0.299 e. The number of hydrogen-bond acceptors (Lipinski definition) is 2. The first-order chi connectivity index (χ1) is 6.20. The lowest BCUT2D eigenvalue weighted by Crippen LogP contribution is -2.14. The molecule has 2 nitrogen and oxygen atoms in total. The Bertz CT molecular complexity index is 299. The van der Waals surface area contributed by atoms with Crippen molar-refractivity contribution in [1.82, 2.24) is 0 Å². The number of carbonyl (C=O) groups excluding carboxylic acids is 2. The van der Waals surface area contributed by atoms with Gasteiger partial charge in [0.2, 0.25) is 0 Å². The average Bonchev–Trinajstić information content (AvgIpc) is 2.40. The van der Waals surface area contributed by atoms with E-state index in [0.717, 1.165) is 30.4 Å². The van der Waals surface area contributed by atoms with Crippen molar-refractivity contribution in [3.63, 3.8) is 0 Å². The summed E-state index contributed by atoms with van der Waals surface area (Å²) in [5.74, 6) is 0.485. The van der Waals surface area contributed by atoms with Crippen molar-refractivity contribution in [2.24, 2.45) is 5.92 Å². The average molecular weight is 178 g/mol. The third-order valence-corrected chi connectivity index (χ3v) is 3.13. The van der Waals surface area contributed by atoms with E-state index < -0.39 is 0 Å². The van der Waals surface area contributed by atoms with Gasteiger partial charge in [-0.05, 0) is 26.2 Å². The zero-order chi connectivity index (χ0) is 9.42. The highest BCUT2D eigenvalue weighted by molar-refractivity contribution is 6.04. The Labute approximate surface area is 78.0 Å². The molecule has 0 saturated heterocycles. The smallest absolute Gasteiger partial charge is 0.159 e. The maximum atomic E-state index is 11.6. The third-order valence-electron chi connectivity index (χ3n) is 3.13. The topological polar surface area (TPSA) is 34.1 Å². The maximum Gasteiger partial charge on any atom is 0.159 e. The van der Waals surface area contributed by atoms with Crippen molar-refractivity contribution < 1.29 is 9.59 Å². The van der Waals surface area contributed by atoms with Gasteiger partial charge in [-0.25, -0.2) is 0 Å². The summed E-state index contributed by atoms with van der Waals surface area (Å²) in [5, 5.41) is 0. The van der Waals surface area contributed by atoms with Crippen LogP contribution in [-0.2, 0) is 9.59 Å². The van der Waals surface area contributed by atoms with E-state index in [4.69, 9.17) is 0 Å². The first-order valence-corrected chi connectivity index (χ1v) is 4.95. The maximum absolute atomic E-state index is 11.6. The van der Waals surface area contributed by atoms with Crippen LogP contribution in [0.15, 0.2) is 11.1 Å². The molecule has 1 fully saturated rings. The van der Waals surface area contributed by atoms with Crippen LogP contribution < -0.4 is 0 Å². The molecule has 0 amide bonds. The van der Waals surface area contributed by atoms with E-state index in [1.54, 1.807) is 0 Å².